The zero-order chi connectivity index (χ0) is 33.5. The Balaban J connectivity index is 0.00000345. The molecule has 0 radical (unpaired) electrons. The molecular weight excluding hydrogens is 559 g/mol. The van der Waals surface area contributed by atoms with Crippen molar-refractivity contribution in [1.29, 1.82) is 5.26 Å². The molecule has 45 heavy (non-hydrogen) atoms. The quantitative estimate of drug-likeness (QED) is 0.108. The lowest BCUT2D eigenvalue weighted by Gasteiger charge is -2.43. The number of amides is 1. The maximum Gasteiger partial charge on any atom is 0.225 e. The Labute approximate surface area is 271 Å². The van der Waals surface area contributed by atoms with Crippen LogP contribution in [0.4, 0.5) is 4.39 Å². The van der Waals surface area contributed by atoms with Gasteiger partial charge in [-0.2, -0.15) is 5.26 Å². The number of aliphatic imine (C=N–C) groups is 1. The summed E-state index contributed by atoms with van der Waals surface area (Å²) in [6, 6.07) is 9.30. The van der Waals surface area contributed by atoms with Gasteiger partial charge in [-0.15, -0.1) is 5.73 Å². The summed E-state index contributed by atoms with van der Waals surface area (Å²) in [6.45, 7) is 20.8. The number of piperazine rings is 1. The van der Waals surface area contributed by atoms with Gasteiger partial charge in [-0.3, -0.25) is 9.79 Å². The number of allylic oxidation sites excluding steroid dienone is 9. The van der Waals surface area contributed by atoms with Gasteiger partial charge >= 0.3 is 0 Å². The Hall–Kier alpha value is -3.94. The minimum Gasteiger partial charge on any atom is -0.368 e. The third kappa shape index (κ3) is 10.3. The molecule has 0 spiro atoms. The summed E-state index contributed by atoms with van der Waals surface area (Å²) < 4.78 is 15.3. The molecule has 0 saturated carbocycles. The average Bonchev–Trinajstić information content (AvgIpc) is 3.22. The molecule has 1 fully saturated rings. The molecule has 1 aliphatic carbocycles. The molecule has 1 atom stereocenters. The summed E-state index contributed by atoms with van der Waals surface area (Å²) in [5, 5.41) is 9.42. The predicted molar refractivity (Wildman–Crippen MR) is 187 cm³/mol. The Morgan fingerprint density at radius 1 is 1.20 bits per heavy atom. The van der Waals surface area contributed by atoms with Crippen LogP contribution in [-0.2, 0) is 4.79 Å². The number of carbonyl (C=O) groups is 1. The van der Waals surface area contributed by atoms with Gasteiger partial charge in [-0.05, 0) is 95.2 Å². The number of hydrogen-bond donors (Lipinski definition) is 0. The van der Waals surface area contributed by atoms with Gasteiger partial charge in [0.2, 0.25) is 5.91 Å². The first-order chi connectivity index (χ1) is 21.6. The van der Waals surface area contributed by atoms with Crippen LogP contribution >= 0.6 is 0 Å². The monoisotopic (exact) mass is 612 g/mol. The van der Waals surface area contributed by atoms with Crippen molar-refractivity contribution >= 4 is 17.2 Å². The van der Waals surface area contributed by atoms with E-state index in [2.05, 4.69) is 30.5 Å². The fraction of sp³-hybridized carbons (Fsp3) is 0.487. The van der Waals surface area contributed by atoms with Gasteiger partial charge in [0.05, 0.1) is 11.6 Å². The molecular formula is C39H53FN4O. The molecule has 0 bridgehead atoms. The van der Waals surface area contributed by atoms with Crippen molar-refractivity contribution < 1.29 is 9.18 Å². The first-order valence-corrected chi connectivity index (χ1v) is 16.6. The molecule has 1 amide bonds. The average molecular weight is 613 g/mol. The van der Waals surface area contributed by atoms with Crippen molar-refractivity contribution in [3.63, 3.8) is 0 Å². The number of unbranched alkanes of at least 4 members (excludes halogenated alkanes) is 1. The molecule has 1 aliphatic heterocycles. The molecule has 1 aromatic carbocycles. The van der Waals surface area contributed by atoms with Crippen LogP contribution in [0.1, 0.15) is 93.6 Å². The van der Waals surface area contributed by atoms with Crippen LogP contribution in [0.5, 0.6) is 0 Å². The largest absolute Gasteiger partial charge is 0.368 e. The molecule has 242 valence electrons. The number of rotatable bonds is 11. The third-order valence-corrected chi connectivity index (χ3v) is 8.02. The molecule has 6 heteroatoms. The number of nitrogens with zero attached hydrogens (tertiary/aromatic N) is 4. The molecule has 1 aromatic rings. The van der Waals surface area contributed by atoms with Crippen LogP contribution < -0.4 is 0 Å². The van der Waals surface area contributed by atoms with Gasteiger partial charge < -0.3 is 9.80 Å². The predicted octanol–water partition coefficient (Wildman–Crippen LogP) is 9.23. The van der Waals surface area contributed by atoms with Crippen molar-refractivity contribution in [3.05, 3.63) is 93.7 Å². The van der Waals surface area contributed by atoms with Gasteiger partial charge in [0.25, 0.3) is 0 Å². The fourth-order valence-corrected chi connectivity index (χ4v) is 5.91. The highest BCUT2D eigenvalue weighted by molar-refractivity contribution is 6.13. The van der Waals surface area contributed by atoms with E-state index < -0.39 is 0 Å². The van der Waals surface area contributed by atoms with E-state index in [4.69, 9.17) is 4.99 Å². The van der Waals surface area contributed by atoms with Crippen molar-refractivity contribution in [2.45, 2.75) is 94.0 Å². The summed E-state index contributed by atoms with van der Waals surface area (Å²) >= 11 is 0. The van der Waals surface area contributed by atoms with Crippen LogP contribution in [0.15, 0.2) is 87.3 Å². The zero-order valence-corrected chi connectivity index (χ0v) is 29.0. The van der Waals surface area contributed by atoms with Crippen LogP contribution in [0.2, 0.25) is 0 Å². The number of halogens is 1. The van der Waals surface area contributed by atoms with Gasteiger partial charge in [-0.1, -0.05) is 58.0 Å². The summed E-state index contributed by atoms with van der Waals surface area (Å²) in [6.07, 6.45) is 11.0. The maximum absolute atomic E-state index is 15.3. The van der Waals surface area contributed by atoms with E-state index in [-0.39, 0.29) is 23.7 Å². The lowest BCUT2D eigenvalue weighted by Crippen LogP contribution is -2.54. The summed E-state index contributed by atoms with van der Waals surface area (Å²) in [4.78, 5) is 22.1. The Kier molecular flexibility index (Phi) is 15.5. The molecule has 0 N–H and O–H groups in total. The second-order valence-electron chi connectivity index (χ2n) is 11.6. The van der Waals surface area contributed by atoms with Gasteiger partial charge in [0.1, 0.15) is 5.82 Å². The number of nitriles is 1. The van der Waals surface area contributed by atoms with Gasteiger partial charge in [-0.25, -0.2) is 4.39 Å². The lowest BCUT2D eigenvalue weighted by atomic mass is 9.89. The number of benzene rings is 1. The zero-order valence-electron chi connectivity index (χ0n) is 29.0. The smallest absolute Gasteiger partial charge is 0.225 e. The van der Waals surface area contributed by atoms with E-state index in [9.17, 15) is 10.1 Å². The number of hydrogen-bond acceptors (Lipinski definition) is 4. The normalized spacial score (nSPS) is 17.8. The first kappa shape index (κ1) is 37.2. The van der Waals surface area contributed by atoms with E-state index in [1.807, 2.05) is 89.8 Å². The Bertz CT molecular complexity index is 1440. The SMILES string of the molecule is C/C=C(\C(C(CCCCC1=C=C(C)C=CC(C#N)=C1)=NCC)=C(\C)N1CCN(C(=O)C(C)C)C[C@@H]1C)c1ccccc1F.CC. The second kappa shape index (κ2) is 18.8. The second-order valence-corrected chi connectivity index (χ2v) is 11.6. The van der Waals surface area contributed by atoms with Gasteiger partial charge in [0.15, 0.2) is 0 Å². The highest BCUT2D eigenvalue weighted by Gasteiger charge is 2.30. The molecule has 5 nitrogen and oxygen atoms in total. The van der Waals surface area contributed by atoms with Crippen LogP contribution in [0.3, 0.4) is 0 Å². The van der Waals surface area contributed by atoms with E-state index in [1.165, 1.54) is 6.07 Å². The van der Waals surface area contributed by atoms with E-state index in [0.717, 1.165) is 59.4 Å². The van der Waals surface area contributed by atoms with Crippen molar-refractivity contribution in [3.8, 4) is 6.07 Å². The summed E-state index contributed by atoms with van der Waals surface area (Å²) in [5.41, 5.74) is 10.5. The van der Waals surface area contributed by atoms with Crippen molar-refractivity contribution in [2.75, 3.05) is 26.2 Å². The standard InChI is InChI=1S/C37H47FN4O.C2H6/c1-8-32(33-15-11-12-16-34(33)38)36(29(7)42-21-20-41(25-28(42)6)37(43)26(3)4)35(40-9-2)17-13-10-14-30-22-27(5)18-19-31(23-30)24-39;1-2/h8,11-12,15-16,18-19,23,26,28H,9-10,13-14,17,20-21,25H2,1-7H3;1-2H3/b32-8-,36-29+,40-35?;/t28-;/m0./s1. The highest BCUT2D eigenvalue weighted by Crippen LogP contribution is 2.33. The molecule has 3 rings (SSSR count). The first-order valence-electron chi connectivity index (χ1n) is 16.6. The maximum atomic E-state index is 15.3. The Morgan fingerprint density at radius 3 is 2.51 bits per heavy atom. The van der Waals surface area contributed by atoms with Crippen LogP contribution in [0, 0.1) is 23.1 Å². The molecule has 1 saturated heterocycles. The Morgan fingerprint density at radius 2 is 1.91 bits per heavy atom. The topological polar surface area (TPSA) is 59.7 Å². The van der Waals surface area contributed by atoms with Gasteiger partial charge in [0, 0.05) is 60.7 Å². The fourth-order valence-electron chi connectivity index (χ4n) is 5.91. The van der Waals surface area contributed by atoms with Crippen LogP contribution in [-0.4, -0.2) is 53.6 Å². The molecule has 0 unspecified atom stereocenters. The van der Waals surface area contributed by atoms with E-state index in [1.54, 1.807) is 6.07 Å². The van der Waals surface area contributed by atoms with Crippen LogP contribution in [0.25, 0.3) is 5.57 Å². The lowest BCUT2D eigenvalue weighted by molar-refractivity contribution is -0.136. The minimum atomic E-state index is -0.256. The van der Waals surface area contributed by atoms with Crippen molar-refractivity contribution in [1.82, 2.24) is 9.80 Å². The van der Waals surface area contributed by atoms with E-state index >= 15 is 4.39 Å². The van der Waals surface area contributed by atoms with E-state index in [0.29, 0.717) is 37.3 Å². The summed E-state index contributed by atoms with van der Waals surface area (Å²) in [5.74, 6) is -0.104. The molecule has 0 aromatic heterocycles. The number of carbonyl (C=O) groups excluding carboxylic acids is 1. The molecule has 1 heterocycles. The van der Waals surface area contributed by atoms with Crippen molar-refractivity contribution in [2.24, 2.45) is 10.9 Å². The highest BCUT2D eigenvalue weighted by atomic mass is 19.1. The summed E-state index contributed by atoms with van der Waals surface area (Å²) in [7, 11) is 0. The minimum absolute atomic E-state index is 0.0312. The molecule has 2 aliphatic rings. The third-order valence-electron chi connectivity index (χ3n) is 8.02.